The van der Waals surface area contributed by atoms with Crippen LogP contribution < -0.4 is 5.32 Å². The van der Waals surface area contributed by atoms with Crippen molar-refractivity contribution in [3.05, 3.63) is 58.9 Å². The summed E-state index contributed by atoms with van der Waals surface area (Å²) in [5.74, 6) is -0.853. The molecule has 1 N–H and O–H groups in total. The lowest BCUT2D eigenvalue weighted by Gasteiger charge is -2.25. The van der Waals surface area contributed by atoms with Gasteiger partial charge in [-0.3, -0.25) is 9.59 Å². The van der Waals surface area contributed by atoms with Gasteiger partial charge in [0.25, 0.3) is 11.8 Å². The van der Waals surface area contributed by atoms with E-state index in [1.807, 2.05) is 41.8 Å². The van der Waals surface area contributed by atoms with Gasteiger partial charge in [0.05, 0.1) is 37.1 Å². The first-order valence-electron chi connectivity index (χ1n) is 11.7. The lowest BCUT2D eigenvalue weighted by atomic mass is 10.0. The number of fused-ring (bicyclic) bond motifs is 1. The molecule has 4 rings (SSSR count). The summed E-state index contributed by atoms with van der Waals surface area (Å²) in [4.78, 5) is 40.7. The Morgan fingerprint density at radius 1 is 1.18 bits per heavy atom. The first-order valence-corrected chi connectivity index (χ1v) is 11.7. The summed E-state index contributed by atoms with van der Waals surface area (Å²) in [5.41, 5.74) is 2.59. The number of carbonyl (C=O) groups excluding carboxylic acids is 3. The van der Waals surface area contributed by atoms with E-state index < -0.39 is 6.04 Å². The number of aromatic nitrogens is 1. The van der Waals surface area contributed by atoms with Crippen LogP contribution in [0.2, 0.25) is 0 Å². The maximum absolute atomic E-state index is 13.5. The lowest BCUT2D eigenvalue weighted by Crippen LogP contribution is -2.42. The van der Waals surface area contributed by atoms with Gasteiger partial charge in [0.15, 0.2) is 0 Å². The summed E-state index contributed by atoms with van der Waals surface area (Å²) in [5, 5.41) is 3.11. The Kier molecular flexibility index (Phi) is 7.13. The van der Waals surface area contributed by atoms with E-state index in [0.29, 0.717) is 43.1 Å². The molecule has 1 fully saturated rings. The molecule has 0 bridgehead atoms. The SMILES string of the molecule is CCOC(=O)C1CCCN1C(=O)c1cc(C(=O)N[C@H](CC)c2ccccc2)c2n1CCOC2. The van der Waals surface area contributed by atoms with Crippen LogP contribution >= 0.6 is 0 Å². The molecule has 2 aliphatic heterocycles. The van der Waals surface area contributed by atoms with E-state index in [-0.39, 0.29) is 37.0 Å². The van der Waals surface area contributed by atoms with Crippen LogP contribution in [0, 0.1) is 0 Å². The van der Waals surface area contributed by atoms with Gasteiger partial charge in [-0.05, 0) is 37.8 Å². The molecule has 176 valence electrons. The molecule has 1 aromatic carbocycles. The third-order valence-electron chi connectivity index (χ3n) is 6.36. The van der Waals surface area contributed by atoms with Crippen molar-refractivity contribution in [2.75, 3.05) is 19.8 Å². The van der Waals surface area contributed by atoms with E-state index in [2.05, 4.69) is 5.32 Å². The molecule has 8 heteroatoms. The second kappa shape index (κ2) is 10.2. The molecule has 0 aliphatic carbocycles. The summed E-state index contributed by atoms with van der Waals surface area (Å²) in [6.07, 6.45) is 2.07. The van der Waals surface area contributed by atoms with Crippen molar-refractivity contribution in [1.29, 1.82) is 0 Å². The number of benzene rings is 1. The van der Waals surface area contributed by atoms with Crippen molar-refractivity contribution in [2.24, 2.45) is 0 Å². The molecule has 2 atom stereocenters. The summed E-state index contributed by atoms with van der Waals surface area (Å²) < 4.78 is 12.7. The molecular formula is C25H31N3O5. The molecule has 3 heterocycles. The zero-order chi connectivity index (χ0) is 23.4. The van der Waals surface area contributed by atoms with Crippen LogP contribution in [0.15, 0.2) is 36.4 Å². The van der Waals surface area contributed by atoms with E-state index >= 15 is 0 Å². The fourth-order valence-corrected chi connectivity index (χ4v) is 4.68. The van der Waals surface area contributed by atoms with Crippen LogP contribution in [0.3, 0.4) is 0 Å². The van der Waals surface area contributed by atoms with Gasteiger partial charge >= 0.3 is 5.97 Å². The average Bonchev–Trinajstić information content (AvgIpc) is 3.48. The second-order valence-corrected chi connectivity index (χ2v) is 8.35. The van der Waals surface area contributed by atoms with Gasteiger partial charge in [-0.1, -0.05) is 37.3 Å². The zero-order valence-electron chi connectivity index (χ0n) is 19.2. The number of hydrogen-bond acceptors (Lipinski definition) is 5. The van der Waals surface area contributed by atoms with Gasteiger partial charge in [0.2, 0.25) is 0 Å². The lowest BCUT2D eigenvalue weighted by molar-refractivity contribution is -0.147. The first kappa shape index (κ1) is 23.0. The quantitative estimate of drug-likeness (QED) is 0.651. The van der Waals surface area contributed by atoms with Gasteiger partial charge in [0, 0.05) is 13.1 Å². The molecule has 0 spiro atoms. The summed E-state index contributed by atoms with van der Waals surface area (Å²) in [6, 6.07) is 10.8. The van der Waals surface area contributed by atoms with Crippen molar-refractivity contribution in [1.82, 2.24) is 14.8 Å². The van der Waals surface area contributed by atoms with Crippen LogP contribution in [-0.4, -0.2) is 53.1 Å². The van der Waals surface area contributed by atoms with Crippen molar-refractivity contribution < 1.29 is 23.9 Å². The number of rotatable bonds is 7. The monoisotopic (exact) mass is 453 g/mol. The minimum atomic E-state index is -0.580. The van der Waals surface area contributed by atoms with Gasteiger partial charge in [-0.2, -0.15) is 0 Å². The number of carbonyl (C=O) groups is 3. The molecule has 1 unspecified atom stereocenters. The maximum Gasteiger partial charge on any atom is 0.328 e. The van der Waals surface area contributed by atoms with Crippen LogP contribution in [0.25, 0.3) is 0 Å². The Morgan fingerprint density at radius 2 is 1.97 bits per heavy atom. The Bertz CT molecular complexity index is 1020. The molecule has 2 aliphatic rings. The van der Waals surface area contributed by atoms with Crippen molar-refractivity contribution in [2.45, 2.75) is 58.3 Å². The standard InChI is InChI=1S/C25H31N3O5/c1-3-19(17-9-6-5-7-10-17)26-23(29)18-15-21(27-13-14-32-16-22(18)27)24(30)28-12-8-11-20(28)25(31)33-4-2/h5-7,9-10,15,19-20H,3-4,8,11-14,16H2,1-2H3,(H,26,29)/t19-,20?/m1/s1. The summed E-state index contributed by atoms with van der Waals surface area (Å²) in [7, 11) is 0. The molecule has 1 aromatic heterocycles. The molecule has 2 amide bonds. The number of nitrogens with zero attached hydrogens (tertiary/aromatic N) is 2. The van der Waals surface area contributed by atoms with Crippen LogP contribution in [0.1, 0.15) is 71.3 Å². The third kappa shape index (κ3) is 4.66. The number of ether oxygens (including phenoxy) is 2. The molecule has 8 nitrogen and oxygen atoms in total. The number of hydrogen-bond donors (Lipinski definition) is 1. The highest BCUT2D eigenvalue weighted by molar-refractivity contribution is 6.02. The van der Waals surface area contributed by atoms with Gasteiger partial charge in [-0.25, -0.2) is 4.79 Å². The summed E-state index contributed by atoms with van der Waals surface area (Å²) in [6.45, 7) is 5.76. The predicted octanol–water partition coefficient (Wildman–Crippen LogP) is 3.07. The molecule has 33 heavy (non-hydrogen) atoms. The number of likely N-dealkylation sites (tertiary alicyclic amines) is 1. The Balaban J connectivity index is 1.61. The number of nitrogens with one attached hydrogen (secondary N) is 1. The highest BCUT2D eigenvalue weighted by Gasteiger charge is 2.38. The normalized spacial score (nSPS) is 18.5. The Hall–Kier alpha value is -3.13. The van der Waals surface area contributed by atoms with E-state index in [1.165, 1.54) is 0 Å². The Morgan fingerprint density at radius 3 is 2.70 bits per heavy atom. The van der Waals surface area contributed by atoms with Gasteiger partial charge in [-0.15, -0.1) is 0 Å². The second-order valence-electron chi connectivity index (χ2n) is 8.35. The highest BCUT2D eigenvalue weighted by Crippen LogP contribution is 2.27. The zero-order valence-corrected chi connectivity index (χ0v) is 19.2. The van der Waals surface area contributed by atoms with Gasteiger partial charge < -0.3 is 24.3 Å². The van der Waals surface area contributed by atoms with E-state index in [4.69, 9.17) is 9.47 Å². The van der Waals surface area contributed by atoms with Crippen molar-refractivity contribution in [3.8, 4) is 0 Å². The third-order valence-corrected chi connectivity index (χ3v) is 6.36. The number of amides is 2. The molecule has 2 aromatic rings. The van der Waals surface area contributed by atoms with Crippen LogP contribution in [-0.2, 0) is 27.4 Å². The predicted molar refractivity (Wildman–Crippen MR) is 122 cm³/mol. The van der Waals surface area contributed by atoms with E-state index in [1.54, 1.807) is 17.9 Å². The maximum atomic E-state index is 13.5. The molecule has 0 radical (unpaired) electrons. The van der Waals surface area contributed by atoms with Crippen LogP contribution in [0.5, 0.6) is 0 Å². The topological polar surface area (TPSA) is 89.9 Å². The number of esters is 1. The highest BCUT2D eigenvalue weighted by atomic mass is 16.5. The van der Waals surface area contributed by atoms with Crippen molar-refractivity contribution >= 4 is 17.8 Å². The minimum Gasteiger partial charge on any atom is -0.464 e. The minimum absolute atomic E-state index is 0.135. The first-order chi connectivity index (χ1) is 16.0. The summed E-state index contributed by atoms with van der Waals surface area (Å²) >= 11 is 0. The van der Waals surface area contributed by atoms with Gasteiger partial charge in [0.1, 0.15) is 11.7 Å². The fraction of sp³-hybridized carbons (Fsp3) is 0.480. The molecule has 1 saturated heterocycles. The molecular weight excluding hydrogens is 422 g/mol. The average molecular weight is 454 g/mol. The fourth-order valence-electron chi connectivity index (χ4n) is 4.68. The molecule has 0 saturated carbocycles. The Labute approximate surface area is 193 Å². The van der Waals surface area contributed by atoms with Crippen molar-refractivity contribution in [3.63, 3.8) is 0 Å². The van der Waals surface area contributed by atoms with E-state index in [0.717, 1.165) is 18.4 Å². The van der Waals surface area contributed by atoms with Crippen LogP contribution in [0.4, 0.5) is 0 Å². The van der Waals surface area contributed by atoms with E-state index in [9.17, 15) is 14.4 Å². The largest absolute Gasteiger partial charge is 0.464 e. The smallest absolute Gasteiger partial charge is 0.328 e.